The Kier molecular flexibility index (Phi) is 8.75. The minimum atomic E-state index is -3.53. The Morgan fingerprint density at radius 1 is 1.17 bits per heavy atom. The number of thioether (sulfide) groups is 1. The van der Waals surface area contributed by atoms with Gasteiger partial charge in [-0.05, 0) is 68.0 Å². The Hall–Kier alpha value is -2.07. The van der Waals surface area contributed by atoms with Gasteiger partial charge in [0.15, 0.2) is 5.16 Å². The summed E-state index contributed by atoms with van der Waals surface area (Å²) in [5.41, 5.74) is 2.83. The quantitative estimate of drug-likeness (QED) is 0.258. The molecule has 0 spiro atoms. The second-order valence-electron chi connectivity index (χ2n) is 8.99. The first-order valence-electron chi connectivity index (χ1n) is 12.3. The molecule has 1 aromatic heterocycles. The number of methoxy groups -OCH3 is 1. The lowest BCUT2D eigenvalue weighted by atomic mass is 10.0. The van der Waals surface area contributed by atoms with Crippen molar-refractivity contribution in [1.29, 1.82) is 0 Å². The van der Waals surface area contributed by atoms with Gasteiger partial charge in [0.25, 0.3) is 0 Å². The Labute approximate surface area is 212 Å². The zero-order valence-corrected chi connectivity index (χ0v) is 22.4. The van der Waals surface area contributed by atoms with E-state index in [1.807, 2.05) is 25.1 Å². The molecule has 0 aliphatic carbocycles. The van der Waals surface area contributed by atoms with Crippen molar-refractivity contribution in [2.24, 2.45) is 5.92 Å². The monoisotopic (exact) mass is 517 g/mol. The number of hydrogen-bond donors (Lipinski definition) is 0. The number of fused-ring (bicyclic) bond motifs is 1. The van der Waals surface area contributed by atoms with E-state index in [1.54, 1.807) is 35.3 Å². The normalized spacial score (nSPS) is 17.2. The third-order valence-corrected chi connectivity index (χ3v) is 9.25. The number of piperidine rings is 1. The van der Waals surface area contributed by atoms with E-state index in [1.165, 1.54) is 5.56 Å². The van der Waals surface area contributed by atoms with Crippen LogP contribution in [0.4, 0.5) is 0 Å². The molecular formula is C26H35N3O4S2. The average molecular weight is 518 g/mol. The summed E-state index contributed by atoms with van der Waals surface area (Å²) >= 11 is 1.66. The zero-order chi connectivity index (χ0) is 24.8. The van der Waals surface area contributed by atoms with E-state index in [-0.39, 0.29) is 0 Å². The number of nitrogens with zero attached hydrogens (tertiary/aromatic N) is 3. The van der Waals surface area contributed by atoms with E-state index in [9.17, 15) is 8.42 Å². The molecule has 2 heterocycles. The summed E-state index contributed by atoms with van der Waals surface area (Å²) in [7, 11) is -1.87. The Balaban J connectivity index is 1.61. The number of ether oxygens (including phenoxy) is 2. The molecule has 0 N–H and O–H groups in total. The van der Waals surface area contributed by atoms with Crippen LogP contribution in [0.1, 0.15) is 38.7 Å². The summed E-state index contributed by atoms with van der Waals surface area (Å²) in [4.78, 5) is 5.20. The SMILES string of the molecule is CCOCCCn1c(SCc2ccc(OC)cc2)nc2cc(S(=O)(=O)N3CCC[C@@H](C)C3)ccc21. The van der Waals surface area contributed by atoms with Gasteiger partial charge in [0, 0.05) is 38.6 Å². The maximum absolute atomic E-state index is 13.3. The van der Waals surface area contributed by atoms with E-state index in [2.05, 4.69) is 23.6 Å². The molecule has 3 aromatic rings. The number of imidazole rings is 1. The molecule has 0 bridgehead atoms. The second-order valence-corrected chi connectivity index (χ2v) is 11.9. The van der Waals surface area contributed by atoms with E-state index < -0.39 is 10.0 Å². The zero-order valence-electron chi connectivity index (χ0n) is 20.8. The van der Waals surface area contributed by atoms with Crippen molar-refractivity contribution in [1.82, 2.24) is 13.9 Å². The minimum Gasteiger partial charge on any atom is -0.497 e. The van der Waals surface area contributed by atoms with Gasteiger partial charge in [-0.1, -0.05) is 30.8 Å². The van der Waals surface area contributed by atoms with E-state index >= 15 is 0 Å². The molecule has 190 valence electrons. The fraction of sp³-hybridized carbons (Fsp3) is 0.500. The van der Waals surface area contributed by atoms with Crippen LogP contribution in [-0.2, 0) is 27.1 Å². The molecule has 7 nitrogen and oxygen atoms in total. The van der Waals surface area contributed by atoms with Crippen LogP contribution >= 0.6 is 11.8 Å². The summed E-state index contributed by atoms with van der Waals surface area (Å²) in [6.07, 6.45) is 2.84. The molecule has 0 saturated carbocycles. The van der Waals surface area contributed by atoms with Crippen LogP contribution in [0.25, 0.3) is 11.0 Å². The third-order valence-electron chi connectivity index (χ3n) is 6.34. The predicted octanol–water partition coefficient (Wildman–Crippen LogP) is 5.18. The van der Waals surface area contributed by atoms with Crippen molar-refractivity contribution in [2.45, 2.75) is 55.5 Å². The Bertz CT molecular complexity index is 1230. The van der Waals surface area contributed by atoms with Gasteiger partial charge < -0.3 is 14.0 Å². The number of sulfonamides is 1. The molecule has 0 amide bonds. The first kappa shape index (κ1) is 26.0. The lowest BCUT2D eigenvalue weighted by Crippen LogP contribution is -2.39. The molecule has 1 saturated heterocycles. The second kappa shape index (κ2) is 11.8. The van der Waals surface area contributed by atoms with E-state index in [4.69, 9.17) is 14.5 Å². The molecule has 1 fully saturated rings. The van der Waals surface area contributed by atoms with Gasteiger partial charge in [-0.2, -0.15) is 4.31 Å². The predicted molar refractivity (Wildman–Crippen MR) is 141 cm³/mol. The Morgan fingerprint density at radius 3 is 2.69 bits per heavy atom. The first-order valence-corrected chi connectivity index (χ1v) is 14.7. The molecule has 9 heteroatoms. The van der Waals surface area contributed by atoms with Crippen molar-refractivity contribution in [3.05, 3.63) is 48.0 Å². The molecule has 0 unspecified atom stereocenters. The van der Waals surface area contributed by atoms with Crippen LogP contribution < -0.4 is 4.74 Å². The molecular weight excluding hydrogens is 482 g/mol. The van der Waals surface area contributed by atoms with Crippen LogP contribution in [-0.4, -0.2) is 55.7 Å². The van der Waals surface area contributed by atoms with Gasteiger partial charge in [-0.25, -0.2) is 13.4 Å². The number of benzene rings is 2. The molecule has 1 aliphatic rings. The number of rotatable bonds is 11. The largest absolute Gasteiger partial charge is 0.497 e. The summed E-state index contributed by atoms with van der Waals surface area (Å²) in [5.74, 6) is 1.97. The fourth-order valence-electron chi connectivity index (χ4n) is 4.43. The summed E-state index contributed by atoms with van der Waals surface area (Å²) in [5, 5.41) is 0.883. The van der Waals surface area contributed by atoms with Crippen molar-refractivity contribution in [3.8, 4) is 5.75 Å². The van der Waals surface area contributed by atoms with Crippen molar-refractivity contribution >= 4 is 32.8 Å². The maximum Gasteiger partial charge on any atom is 0.243 e. The van der Waals surface area contributed by atoms with Crippen LogP contribution in [0.3, 0.4) is 0 Å². The fourth-order valence-corrected chi connectivity index (χ4v) is 7.04. The van der Waals surface area contributed by atoms with Crippen molar-refractivity contribution in [2.75, 3.05) is 33.4 Å². The highest BCUT2D eigenvalue weighted by Crippen LogP contribution is 2.31. The number of hydrogen-bond acceptors (Lipinski definition) is 6. The molecule has 2 aromatic carbocycles. The highest BCUT2D eigenvalue weighted by molar-refractivity contribution is 7.98. The number of aromatic nitrogens is 2. The first-order chi connectivity index (χ1) is 16.9. The van der Waals surface area contributed by atoms with Gasteiger partial charge >= 0.3 is 0 Å². The highest BCUT2D eigenvalue weighted by Gasteiger charge is 2.29. The van der Waals surface area contributed by atoms with Gasteiger partial charge in [0.2, 0.25) is 10.0 Å². The average Bonchev–Trinajstić information content (AvgIpc) is 3.22. The molecule has 4 rings (SSSR count). The van der Waals surface area contributed by atoms with Gasteiger partial charge in [0.1, 0.15) is 5.75 Å². The lowest BCUT2D eigenvalue weighted by Gasteiger charge is -2.30. The molecule has 35 heavy (non-hydrogen) atoms. The minimum absolute atomic E-state index is 0.324. The van der Waals surface area contributed by atoms with E-state index in [0.29, 0.717) is 42.6 Å². The molecule has 0 radical (unpaired) electrons. The summed E-state index contributed by atoms with van der Waals surface area (Å²) in [6, 6.07) is 13.4. The van der Waals surface area contributed by atoms with Crippen LogP contribution in [0.5, 0.6) is 5.75 Å². The van der Waals surface area contributed by atoms with Gasteiger partial charge in [-0.15, -0.1) is 0 Å². The topological polar surface area (TPSA) is 73.7 Å². The summed E-state index contributed by atoms with van der Waals surface area (Å²) in [6.45, 7) is 7.40. The maximum atomic E-state index is 13.3. The molecule has 1 aliphatic heterocycles. The van der Waals surface area contributed by atoms with Crippen LogP contribution in [0.15, 0.2) is 52.5 Å². The smallest absolute Gasteiger partial charge is 0.243 e. The van der Waals surface area contributed by atoms with Crippen LogP contribution in [0.2, 0.25) is 0 Å². The lowest BCUT2D eigenvalue weighted by molar-refractivity contribution is 0.141. The molecule has 1 atom stereocenters. The van der Waals surface area contributed by atoms with Gasteiger partial charge in [-0.3, -0.25) is 0 Å². The van der Waals surface area contributed by atoms with Crippen molar-refractivity contribution in [3.63, 3.8) is 0 Å². The van der Waals surface area contributed by atoms with Crippen molar-refractivity contribution < 1.29 is 17.9 Å². The number of aryl methyl sites for hydroxylation is 1. The summed E-state index contributed by atoms with van der Waals surface area (Å²) < 4.78 is 41.3. The third kappa shape index (κ3) is 6.20. The standard InChI is InChI=1S/C26H35N3O4S2/c1-4-33-16-6-15-29-25-13-12-23(35(30,31)28-14-5-7-20(2)18-28)17-24(25)27-26(29)34-19-21-8-10-22(32-3)11-9-21/h8-13,17,20H,4-7,14-16,18-19H2,1-3H3/t20-/m1/s1. The van der Waals surface area contributed by atoms with Crippen LogP contribution in [0, 0.1) is 5.92 Å². The van der Waals surface area contributed by atoms with Gasteiger partial charge in [0.05, 0.1) is 23.0 Å². The van der Waals surface area contributed by atoms with E-state index in [0.717, 1.165) is 48.0 Å². The highest BCUT2D eigenvalue weighted by atomic mass is 32.2. The Morgan fingerprint density at radius 2 is 1.97 bits per heavy atom.